The van der Waals surface area contributed by atoms with Crippen LogP contribution in [0.15, 0.2) is 60.7 Å². The zero-order valence-electron chi connectivity index (χ0n) is 27.2. The quantitative estimate of drug-likeness (QED) is 0.188. The minimum atomic E-state index is -4.18. The van der Waals surface area contributed by atoms with Crippen molar-refractivity contribution in [2.24, 2.45) is 5.41 Å². The van der Waals surface area contributed by atoms with E-state index in [-0.39, 0.29) is 23.4 Å². The summed E-state index contributed by atoms with van der Waals surface area (Å²) < 4.78 is 70.4. The van der Waals surface area contributed by atoms with Gasteiger partial charge in [-0.1, -0.05) is 63.1 Å². The maximum absolute atomic E-state index is 13.3. The first-order valence-corrected chi connectivity index (χ1v) is 14.5. The van der Waals surface area contributed by atoms with Crippen LogP contribution in [0.25, 0.3) is 0 Å². The van der Waals surface area contributed by atoms with Crippen molar-refractivity contribution < 1.29 is 31.5 Å². The Labute approximate surface area is 254 Å². The third kappa shape index (κ3) is 14.2. The fourth-order valence-corrected chi connectivity index (χ4v) is 4.12. The van der Waals surface area contributed by atoms with Crippen LogP contribution in [0.4, 0.5) is 22.0 Å². The summed E-state index contributed by atoms with van der Waals surface area (Å²) in [6.45, 7) is 17.8. The van der Waals surface area contributed by atoms with Crippen LogP contribution in [0.2, 0.25) is 0 Å². The second-order valence-electron chi connectivity index (χ2n) is 12.3. The molecule has 3 rings (SSSR count). The van der Waals surface area contributed by atoms with Crippen LogP contribution in [0.3, 0.4) is 0 Å². The van der Waals surface area contributed by atoms with E-state index in [1.165, 1.54) is 39.0 Å². The molecule has 0 fully saturated rings. The zero-order chi connectivity index (χ0) is 33.2. The normalized spacial score (nSPS) is 12.3. The Balaban J connectivity index is 0.000000344. The number of Topliss-reactive ketones (excluding diaryl/α,β-unsaturated/α-hetero) is 1. The van der Waals surface area contributed by atoms with Gasteiger partial charge in [0.15, 0.2) is 5.78 Å². The molecule has 0 aliphatic heterocycles. The van der Waals surface area contributed by atoms with Gasteiger partial charge in [0.25, 0.3) is 0 Å². The number of alkyl halides is 4. The molecule has 0 saturated carbocycles. The molecule has 43 heavy (non-hydrogen) atoms. The van der Waals surface area contributed by atoms with Crippen LogP contribution in [0, 0.1) is 38.9 Å². The highest BCUT2D eigenvalue weighted by Crippen LogP contribution is 2.41. The van der Waals surface area contributed by atoms with Gasteiger partial charge in [-0.05, 0) is 105 Å². The second-order valence-corrected chi connectivity index (χ2v) is 12.3. The molecular weight excluding hydrogens is 559 g/mol. The molecule has 0 heterocycles. The van der Waals surface area contributed by atoms with E-state index in [0.717, 1.165) is 23.1 Å². The van der Waals surface area contributed by atoms with Crippen molar-refractivity contribution in [3.05, 3.63) is 99.9 Å². The van der Waals surface area contributed by atoms with Crippen LogP contribution in [0.1, 0.15) is 105 Å². The van der Waals surface area contributed by atoms with Gasteiger partial charge in [-0.15, -0.1) is 0 Å². The summed E-state index contributed by atoms with van der Waals surface area (Å²) in [6, 6.07) is 16.6. The molecule has 2 nitrogen and oxygen atoms in total. The first-order valence-electron chi connectivity index (χ1n) is 14.5. The summed E-state index contributed by atoms with van der Waals surface area (Å²) in [6.07, 6.45) is -2.54. The predicted molar refractivity (Wildman–Crippen MR) is 166 cm³/mol. The lowest BCUT2D eigenvalue weighted by Crippen LogP contribution is -2.23. The fraction of sp³-hybridized carbons (Fsp3) is 0.472. The highest BCUT2D eigenvalue weighted by atomic mass is 19.4. The molecule has 3 aromatic carbocycles. The topological polar surface area (TPSA) is 26.3 Å². The maximum Gasteiger partial charge on any atom is 0.395 e. The van der Waals surface area contributed by atoms with E-state index in [1.54, 1.807) is 37.3 Å². The lowest BCUT2D eigenvalue weighted by molar-refractivity contribution is -0.153. The van der Waals surface area contributed by atoms with E-state index in [1.807, 2.05) is 53.7 Å². The van der Waals surface area contributed by atoms with E-state index in [9.17, 15) is 26.7 Å². The van der Waals surface area contributed by atoms with E-state index in [4.69, 9.17) is 4.74 Å². The average Bonchev–Trinajstić information content (AvgIpc) is 2.86. The minimum Gasteiger partial charge on any atom is -0.459 e. The number of ketones is 1. The molecule has 1 unspecified atom stereocenters. The van der Waals surface area contributed by atoms with Crippen LogP contribution >= 0.6 is 0 Å². The zero-order valence-corrected chi connectivity index (χ0v) is 27.2. The third-order valence-electron chi connectivity index (χ3n) is 7.34. The van der Waals surface area contributed by atoms with Gasteiger partial charge in [-0.25, -0.2) is 4.39 Å². The van der Waals surface area contributed by atoms with Crippen molar-refractivity contribution >= 4 is 5.78 Å². The summed E-state index contributed by atoms with van der Waals surface area (Å²) in [4.78, 5) is 10.9. The van der Waals surface area contributed by atoms with Crippen molar-refractivity contribution in [2.75, 3.05) is 0 Å². The molecule has 0 spiro atoms. The Bertz CT molecular complexity index is 1300. The number of rotatable bonds is 8. The number of halogens is 5. The molecule has 0 saturated heterocycles. The van der Waals surface area contributed by atoms with E-state index >= 15 is 0 Å². The number of carbonyl (C=O) groups is 1. The predicted octanol–water partition coefficient (Wildman–Crippen LogP) is 11.6. The summed E-state index contributed by atoms with van der Waals surface area (Å²) in [5, 5.41) is 0. The molecule has 238 valence electrons. The summed E-state index contributed by atoms with van der Waals surface area (Å²) in [7, 11) is 0. The van der Waals surface area contributed by atoms with Crippen molar-refractivity contribution in [3.63, 3.8) is 0 Å². The molecule has 0 N–H and O–H groups in total. The van der Waals surface area contributed by atoms with E-state index in [0.29, 0.717) is 28.9 Å². The van der Waals surface area contributed by atoms with Crippen molar-refractivity contribution in [1.29, 1.82) is 0 Å². The van der Waals surface area contributed by atoms with Gasteiger partial charge in [0.2, 0.25) is 5.85 Å². The van der Waals surface area contributed by atoms with Crippen LogP contribution in [-0.2, 0) is 0 Å². The van der Waals surface area contributed by atoms with Crippen molar-refractivity contribution in [1.82, 2.24) is 0 Å². The van der Waals surface area contributed by atoms with Crippen LogP contribution in [0.5, 0.6) is 5.75 Å². The SMILES string of the molecule is CC(=O)c1ccc(F)cc1C.CCC(C)(C)CCC(c1ccc(C)c(C)c1)C(F)(F)F.Cc1ccc(OC(C)(C)F)cc1. The molecule has 0 aliphatic rings. The van der Waals surface area contributed by atoms with Gasteiger partial charge in [0.1, 0.15) is 11.6 Å². The van der Waals surface area contributed by atoms with Crippen molar-refractivity contribution in [3.8, 4) is 5.75 Å². The van der Waals surface area contributed by atoms with Crippen LogP contribution < -0.4 is 4.74 Å². The minimum absolute atomic E-state index is 0.0255. The Morgan fingerprint density at radius 2 is 1.37 bits per heavy atom. The monoisotopic (exact) mass is 606 g/mol. The second kappa shape index (κ2) is 16.0. The molecule has 0 aliphatic carbocycles. The first kappa shape index (κ1) is 37.8. The lowest BCUT2D eigenvalue weighted by Gasteiger charge is -2.27. The number of benzene rings is 3. The molecule has 0 amide bonds. The summed E-state index contributed by atoms with van der Waals surface area (Å²) in [5.41, 5.74) is 4.73. The van der Waals surface area contributed by atoms with E-state index in [2.05, 4.69) is 0 Å². The highest BCUT2D eigenvalue weighted by Gasteiger charge is 2.41. The van der Waals surface area contributed by atoms with Gasteiger partial charge >= 0.3 is 6.18 Å². The Morgan fingerprint density at radius 3 is 1.81 bits per heavy atom. The Morgan fingerprint density at radius 1 is 0.791 bits per heavy atom. The summed E-state index contributed by atoms with van der Waals surface area (Å²) >= 11 is 0. The number of aryl methyl sites for hydroxylation is 4. The number of hydrogen-bond acceptors (Lipinski definition) is 2. The van der Waals surface area contributed by atoms with Gasteiger partial charge in [-0.2, -0.15) is 17.6 Å². The molecule has 0 bridgehead atoms. The number of ether oxygens (including phenoxy) is 1. The molecule has 3 aromatic rings. The average molecular weight is 607 g/mol. The summed E-state index contributed by atoms with van der Waals surface area (Å²) in [5.74, 6) is -2.72. The maximum atomic E-state index is 13.3. The first-order chi connectivity index (χ1) is 19.6. The lowest BCUT2D eigenvalue weighted by atomic mass is 9.80. The largest absolute Gasteiger partial charge is 0.459 e. The smallest absolute Gasteiger partial charge is 0.395 e. The molecule has 1 atom stereocenters. The highest BCUT2D eigenvalue weighted by molar-refractivity contribution is 5.95. The molecular formula is C36H47F5O2. The van der Waals surface area contributed by atoms with Gasteiger partial charge in [0, 0.05) is 19.4 Å². The van der Waals surface area contributed by atoms with E-state index < -0.39 is 17.9 Å². The third-order valence-corrected chi connectivity index (χ3v) is 7.34. The molecule has 7 heteroatoms. The number of carbonyl (C=O) groups excluding carboxylic acids is 1. The molecule has 0 aromatic heterocycles. The van der Waals surface area contributed by atoms with Crippen molar-refractivity contribution in [2.45, 2.75) is 106 Å². The number of hydrogen-bond donors (Lipinski definition) is 0. The van der Waals surface area contributed by atoms with Gasteiger partial charge in [-0.3, -0.25) is 4.79 Å². The van der Waals surface area contributed by atoms with Gasteiger partial charge < -0.3 is 4.74 Å². The van der Waals surface area contributed by atoms with Gasteiger partial charge in [0.05, 0.1) is 5.92 Å². The Kier molecular flexibility index (Phi) is 14.1. The van der Waals surface area contributed by atoms with Crippen LogP contribution in [-0.4, -0.2) is 17.8 Å². The standard InChI is InChI=1S/C17H25F3.C10H13FO.C9H9FO/c1-6-16(4,5)10-9-15(17(18,19)20)14-8-7-12(2)13(3)11-14;1-8-4-6-9(7-5-8)12-10(2,3)11;1-6-5-8(10)3-4-9(6)7(2)11/h7-8,11,15H,6,9-10H2,1-5H3;4-7H,1-3H3;3-5H,1-2H3. The Hall–Kier alpha value is -3.22. The molecule has 0 radical (unpaired) electrons. The fourth-order valence-electron chi connectivity index (χ4n) is 4.12.